The SMILES string of the molecule is COc1cccc(CN2C(=O)N(c3ccc(-c4cn[nH]c4)cc3)CC23CCN(CC(C)O)CC3)c1. The minimum absolute atomic E-state index is 0.0351. The number of β-amino-alcohol motifs (C(OH)–C–C–N with tert-alkyl or cyclic N) is 1. The van der Waals surface area contributed by atoms with Gasteiger partial charge in [0.25, 0.3) is 0 Å². The summed E-state index contributed by atoms with van der Waals surface area (Å²) in [4.78, 5) is 20.1. The van der Waals surface area contributed by atoms with E-state index in [9.17, 15) is 9.90 Å². The minimum Gasteiger partial charge on any atom is -0.497 e. The molecule has 2 N–H and O–H groups in total. The molecule has 3 aromatic rings. The lowest BCUT2D eigenvalue weighted by atomic mass is 9.86. The molecule has 2 fully saturated rings. The highest BCUT2D eigenvalue weighted by molar-refractivity contribution is 5.95. The van der Waals surface area contributed by atoms with Gasteiger partial charge in [-0.1, -0.05) is 24.3 Å². The maximum Gasteiger partial charge on any atom is 0.325 e. The van der Waals surface area contributed by atoms with E-state index in [2.05, 4.69) is 26.1 Å². The van der Waals surface area contributed by atoms with Gasteiger partial charge < -0.3 is 19.6 Å². The molecule has 5 rings (SSSR count). The van der Waals surface area contributed by atoms with Crippen LogP contribution in [0.5, 0.6) is 5.75 Å². The zero-order chi connectivity index (χ0) is 24.4. The molecule has 8 heteroatoms. The third-order valence-corrected chi connectivity index (χ3v) is 7.28. The fourth-order valence-electron chi connectivity index (χ4n) is 5.38. The number of nitrogens with zero attached hydrogens (tertiary/aromatic N) is 4. The van der Waals surface area contributed by atoms with Crippen molar-refractivity contribution in [2.75, 3.05) is 38.2 Å². The molecule has 0 radical (unpaired) electrons. The van der Waals surface area contributed by atoms with Crippen molar-refractivity contribution in [2.24, 2.45) is 0 Å². The first-order valence-corrected chi connectivity index (χ1v) is 12.2. The quantitative estimate of drug-likeness (QED) is 0.544. The molecule has 1 atom stereocenters. The van der Waals surface area contributed by atoms with Gasteiger partial charge in [-0.15, -0.1) is 0 Å². The molecular formula is C27H33N5O3. The van der Waals surface area contributed by atoms with Crippen molar-refractivity contribution < 1.29 is 14.6 Å². The van der Waals surface area contributed by atoms with Crippen molar-refractivity contribution in [1.82, 2.24) is 20.0 Å². The molecule has 8 nitrogen and oxygen atoms in total. The number of urea groups is 1. The Kier molecular flexibility index (Phi) is 6.49. The third-order valence-electron chi connectivity index (χ3n) is 7.28. The first kappa shape index (κ1) is 23.4. The number of anilines is 1. The summed E-state index contributed by atoms with van der Waals surface area (Å²) in [5.41, 5.74) is 3.79. The van der Waals surface area contributed by atoms with Gasteiger partial charge in [0.05, 0.1) is 31.5 Å². The van der Waals surface area contributed by atoms with E-state index in [-0.39, 0.29) is 17.7 Å². The Hall–Kier alpha value is -3.36. The number of aromatic amines is 1. The van der Waals surface area contributed by atoms with Crippen molar-refractivity contribution in [2.45, 2.75) is 38.0 Å². The Bertz CT molecular complexity index is 1140. The van der Waals surface area contributed by atoms with Gasteiger partial charge in [0, 0.05) is 43.6 Å². The fraction of sp³-hybridized carbons (Fsp3) is 0.407. The van der Waals surface area contributed by atoms with Crippen LogP contribution in [0.25, 0.3) is 11.1 Å². The van der Waals surface area contributed by atoms with E-state index >= 15 is 0 Å². The number of aliphatic hydroxyl groups excluding tert-OH is 1. The predicted molar refractivity (Wildman–Crippen MR) is 135 cm³/mol. The minimum atomic E-state index is -0.354. The normalized spacial score (nSPS) is 18.9. The van der Waals surface area contributed by atoms with Gasteiger partial charge >= 0.3 is 6.03 Å². The van der Waals surface area contributed by atoms with Crippen LogP contribution in [-0.4, -0.2) is 76.1 Å². The second kappa shape index (κ2) is 9.71. The number of benzene rings is 2. The number of methoxy groups -OCH3 is 1. The number of piperidine rings is 1. The molecule has 0 saturated carbocycles. The van der Waals surface area contributed by atoms with Crippen LogP contribution in [0.1, 0.15) is 25.3 Å². The van der Waals surface area contributed by atoms with Crippen LogP contribution in [0, 0.1) is 0 Å². The smallest absolute Gasteiger partial charge is 0.325 e. The lowest BCUT2D eigenvalue weighted by Crippen LogP contribution is -2.54. The van der Waals surface area contributed by atoms with Crippen LogP contribution in [-0.2, 0) is 6.54 Å². The van der Waals surface area contributed by atoms with Gasteiger partial charge in [-0.2, -0.15) is 5.10 Å². The molecule has 0 bridgehead atoms. The highest BCUT2D eigenvalue weighted by atomic mass is 16.5. The highest BCUT2D eigenvalue weighted by Gasteiger charge is 2.51. The first-order valence-electron chi connectivity index (χ1n) is 12.2. The standard InChI is InChI=1S/C27H33N5O3/c1-20(33)17-30-12-10-27(11-13-30)19-31(24-8-6-22(7-9-24)23-15-28-29-16-23)26(34)32(27)18-21-4-3-5-25(14-21)35-2/h3-9,14-16,20,33H,10-13,17-19H2,1-2H3,(H,28,29). The average Bonchev–Trinajstić information content (AvgIpc) is 3.49. The number of ether oxygens (including phenoxy) is 1. The van der Waals surface area contributed by atoms with E-state index in [0.717, 1.165) is 54.1 Å². The van der Waals surface area contributed by atoms with Crippen LogP contribution in [0.4, 0.5) is 10.5 Å². The largest absolute Gasteiger partial charge is 0.497 e. The van der Waals surface area contributed by atoms with Crippen molar-refractivity contribution in [3.63, 3.8) is 0 Å². The molecule has 2 saturated heterocycles. The predicted octanol–water partition coefficient (Wildman–Crippen LogP) is 3.74. The number of nitrogens with one attached hydrogen (secondary N) is 1. The lowest BCUT2D eigenvalue weighted by molar-refractivity contribution is 0.0488. The molecule has 1 aromatic heterocycles. The Morgan fingerprint density at radius 3 is 2.57 bits per heavy atom. The number of carbonyl (C=O) groups excluding carboxylic acids is 1. The third kappa shape index (κ3) is 4.76. The number of H-pyrrole nitrogens is 1. The summed E-state index contributed by atoms with van der Waals surface area (Å²) in [5, 5.41) is 16.7. The monoisotopic (exact) mass is 475 g/mol. The van der Waals surface area contributed by atoms with Gasteiger partial charge in [-0.05, 0) is 55.2 Å². The number of hydrogen-bond acceptors (Lipinski definition) is 5. The number of aromatic nitrogens is 2. The molecule has 2 aliphatic rings. The van der Waals surface area contributed by atoms with E-state index in [1.54, 1.807) is 13.3 Å². The summed E-state index contributed by atoms with van der Waals surface area (Å²) in [5.74, 6) is 0.793. The van der Waals surface area contributed by atoms with Crippen LogP contribution < -0.4 is 9.64 Å². The van der Waals surface area contributed by atoms with Crippen molar-refractivity contribution in [3.05, 3.63) is 66.5 Å². The summed E-state index contributed by atoms with van der Waals surface area (Å²) in [7, 11) is 1.66. The Labute approximate surface area is 206 Å². The number of amides is 2. The topological polar surface area (TPSA) is 84.9 Å². The first-order chi connectivity index (χ1) is 17.0. The van der Waals surface area contributed by atoms with E-state index in [0.29, 0.717) is 19.6 Å². The summed E-state index contributed by atoms with van der Waals surface area (Å²) in [6.45, 7) is 5.41. The molecule has 35 heavy (non-hydrogen) atoms. The molecule has 2 amide bonds. The molecule has 2 aliphatic heterocycles. The van der Waals surface area contributed by atoms with Gasteiger partial charge in [0.15, 0.2) is 0 Å². The van der Waals surface area contributed by atoms with Crippen LogP contribution in [0.15, 0.2) is 60.9 Å². The van der Waals surface area contributed by atoms with E-state index < -0.39 is 0 Å². The van der Waals surface area contributed by atoms with Crippen LogP contribution in [0.3, 0.4) is 0 Å². The van der Waals surface area contributed by atoms with Crippen molar-refractivity contribution >= 4 is 11.7 Å². The molecule has 3 heterocycles. The van der Waals surface area contributed by atoms with E-state index in [1.807, 2.05) is 60.5 Å². The summed E-state index contributed by atoms with van der Waals surface area (Å²) < 4.78 is 5.42. The van der Waals surface area contributed by atoms with Crippen LogP contribution in [0.2, 0.25) is 0 Å². The van der Waals surface area contributed by atoms with E-state index in [1.165, 1.54) is 0 Å². The number of carbonyl (C=O) groups is 1. The second-order valence-electron chi connectivity index (χ2n) is 9.71. The number of hydrogen-bond donors (Lipinski definition) is 2. The Balaban J connectivity index is 1.41. The molecule has 1 spiro atoms. The van der Waals surface area contributed by atoms with Gasteiger partial charge in [-0.3, -0.25) is 10.00 Å². The molecule has 0 aliphatic carbocycles. The zero-order valence-corrected chi connectivity index (χ0v) is 20.4. The molecule has 184 valence electrons. The number of rotatable bonds is 7. The Morgan fingerprint density at radius 1 is 1.14 bits per heavy atom. The van der Waals surface area contributed by atoms with Gasteiger partial charge in [0.2, 0.25) is 0 Å². The van der Waals surface area contributed by atoms with Gasteiger partial charge in [-0.25, -0.2) is 4.79 Å². The summed E-state index contributed by atoms with van der Waals surface area (Å²) in [6, 6.07) is 16.1. The number of likely N-dealkylation sites (tertiary alicyclic amines) is 1. The summed E-state index contributed by atoms with van der Waals surface area (Å²) in [6.07, 6.45) is 5.05. The number of aliphatic hydroxyl groups is 1. The molecule has 1 unspecified atom stereocenters. The Morgan fingerprint density at radius 2 is 1.91 bits per heavy atom. The van der Waals surface area contributed by atoms with Crippen molar-refractivity contribution in [1.29, 1.82) is 0 Å². The lowest BCUT2D eigenvalue weighted by Gasteiger charge is -2.44. The molecule has 2 aromatic carbocycles. The molecular weight excluding hydrogens is 442 g/mol. The van der Waals surface area contributed by atoms with Crippen molar-refractivity contribution in [3.8, 4) is 16.9 Å². The zero-order valence-electron chi connectivity index (χ0n) is 20.4. The van der Waals surface area contributed by atoms with Gasteiger partial charge in [0.1, 0.15) is 5.75 Å². The summed E-state index contributed by atoms with van der Waals surface area (Å²) >= 11 is 0. The maximum atomic E-state index is 13.9. The van der Waals surface area contributed by atoms with E-state index in [4.69, 9.17) is 4.74 Å². The maximum absolute atomic E-state index is 13.9. The highest BCUT2D eigenvalue weighted by Crippen LogP contribution is 2.40. The second-order valence-corrected chi connectivity index (χ2v) is 9.71. The van der Waals surface area contributed by atoms with Crippen LogP contribution >= 0.6 is 0 Å². The fourth-order valence-corrected chi connectivity index (χ4v) is 5.38. The average molecular weight is 476 g/mol.